The molecule has 0 aliphatic carbocycles. The van der Waals surface area contributed by atoms with Gasteiger partial charge in [0.1, 0.15) is 0 Å². The van der Waals surface area contributed by atoms with Crippen molar-refractivity contribution in [1.82, 2.24) is 4.90 Å². The summed E-state index contributed by atoms with van der Waals surface area (Å²) in [5.41, 5.74) is 5.91. The summed E-state index contributed by atoms with van der Waals surface area (Å²) in [6.07, 6.45) is 0.762. The quantitative estimate of drug-likeness (QED) is 0.140. The second kappa shape index (κ2) is 10.3. The number of carboxylic acids is 1. The minimum atomic E-state index is -1.91. The van der Waals surface area contributed by atoms with Crippen molar-refractivity contribution >= 4 is 41.1 Å². The monoisotopic (exact) mass is 514 g/mol. The van der Waals surface area contributed by atoms with E-state index < -0.39 is 28.9 Å². The summed E-state index contributed by atoms with van der Waals surface area (Å²) in [6.45, 7) is -0.383. The number of hydrazone groups is 1. The van der Waals surface area contributed by atoms with Crippen molar-refractivity contribution in [3.63, 3.8) is 0 Å². The number of nitro groups is 1. The van der Waals surface area contributed by atoms with Crippen LogP contribution < -0.4 is 16.5 Å². The van der Waals surface area contributed by atoms with Crippen LogP contribution in [-0.2, 0) is 15.3 Å². The summed E-state index contributed by atoms with van der Waals surface area (Å²) < 4.78 is 0. The minimum absolute atomic E-state index is 0.0430. The lowest BCUT2D eigenvalue weighted by Gasteiger charge is -2.43. The van der Waals surface area contributed by atoms with Crippen molar-refractivity contribution in [2.75, 3.05) is 11.4 Å². The van der Waals surface area contributed by atoms with Gasteiger partial charge in [0.2, 0.25) is 0 Å². The van der Waals surface area contributed by atoms with E-state index in [1.165, 1.54) is 35.4 Å². The van der Waals surface area contributed by atoms with Gasteiger partial charge in [-0.1, -0.05) is 42.5 Å². The highest BCUT2D eigenvalue weighted by atomic mass is 16.6. The molecule has 1 heterocycles. The molecule has 0 spiro atoms. The standard InChI is InChI=1S/C26H22N6O6/c27-26(18-6-2-1-3-7-18)22(16-33)30(14-13-23(34)35)25(36)24-17(15-29-28)5-4-8-21(24)31(26)19-9-11-20(12-10-19)32(37)38/h1-12,15H,13-14,27-28H2,(H,34,35). The number of aliphatic carboxylic acids is 1. The fourth-order valence-corrected chi connectivity index (χ4v) is 4.48. The fraction of sp³-hybridized carbons (Fsp3) is 0.115. The van der Waals surface area contributed by atoms with Gasteiger partial charge < -0.3 is 15.8 Å². The van der Waals surface area contributed by atoms with E-state index >= 15 is 0 Å². The highest BCUT2D eigenvalue weighted by Gasteiger charge is 2.49. The predicted octanol–water partition coefficient (Wildman–Crippen LogP) is 2.48. The normalized spacial score (nSPS) is 17.2. The Hall–Kier alpha value is -5.32. The van der Waals surface area contributed by atoms with Crippen LogP contribution in [0.2, 0.25) is 0 Å². The number of amides is 1. The molecular formula is C26H22N6O6. The third-order valence-electron chi connectivity index (χ3n) is 6.15. The maximum Gasteiger partial charge on any atom is 0.305 e. The first-order valence-corrected chi connectivity index (χ1v) is 11.3. The van der Waals surface area contributed by atoms with Crippen molar-refractivity contribution in [2.45, 2.75) is 12.1 Å². The van der Waals surface area contributed by atoms with Crippen LogP contribution in [0.3, 0.4) is 0 Å². The van der Waals surface area contributed by atoms with Crippen LogP contribution in [0, 0.1) is 10.1 Å². The second-order valence-electron chi connectivity index (χ2n) is 8.31. The number of fused-ring (bicyclic) bond motifs is 1. The second-order valence-corrected chi connectivity index (χ2v) is 8.31. The number of carbonyl (C=O) groups excluding carboxylic acids is 2. The van der Waals surface area contributed by atoms with E-state index in [4.69, 9.17) is 11.6 Å². The number of hydrogen-bond donors (Lipinski definition) is 3. The molecule has 38 heavy (non-hydrogen) atoms. The van der Waals surface area contributed by atoms with E-state index in [1.807, 2.05) is 0 Å². The molecule has 1 aliphatic heterocycles. The number of nitro benzene ring substituents is 1. The van der Waals surface area contributed by atoms with Crippen LogP contribution in [0.5, 0.6) is 0 Å². The zero-order valence-electron chi connectivity index (χ0n) is 19.9. The number of carboxylic acid groups (broad SMARTS) is 1. The molecule has 0 radical (unpaired) electrons. The number of benzene rings is 3. The number of non-ortho nitro benzene ring substituents is 1. The van der Waals surface area contributed by atoms with Gasteiger partial charge in [-0.25, -0.2) is 4.79 Å². The third kappa shape index (κ3) is 4.37. The molecule has 1 amide bonds. The molecule has 1 aliphatic rings. The summed E-state index contributed by atoms with van der Waals surface area (Å²) in [4.78, 5) is 51.4. The molecule has 0 saturated carbocycles. The Kier molecular flexibility index (Phi) is 7.02. The van der Waals surface area contributed by atoms with Crippen molar-refractivity contribution < 1.29 is 24.4 Å². The number of hydrogen-bond acceptors (Lipinski definition) is 9. The van der Waals surface area contributed by atoms with Crippen LogP contribution in [0.15, 0.2) is 83.6 Å². The van der Waals surface area contributed by atoms with Gasteiger partial charge in [-0.15, -0.1) is 0 Å². The van der Waals surface area contributed by atoms with Crippen LogP contribution in [0.4, 0.5) is 17.1 Å². The Labute approximate surface area is 216 Å². The largest absolute Gasteiger partial charge is 0.481 e. The van der Waals surface area contributed by atoms with Crippen LogP contribution in [-0.4, -0.2) is 45.5 Å². The summed E-state index contributed by atoms with van der Waals surface area (Å²) in [5.74, 6) is 5.28. The Morgan fingerprint density at radius 2 is 1.79 bits per heavy atom. The van der Waals surface area contributed by atoms with Crippen molar-refractivity contribution in [1.29, 1.82) is 0 Å². The number of nitrogens with zero attached hydrogens (tertiary/aromatic N) is 4. The van der Waals surface area contributed by atoms with Crippen molar-refractivity contribution in [3.8, 4) is 0 Å². The predicted molar refractivity (Wildman–Crippen MR) is 138 cm³/mol. The highest BCUT2D eigenvalue weighted by Crippen LogP contribution is 2.46. The summed E-state index contributed by atoms with van der Waals surface area (Å²) in [5, 5.41) is 24.2. The lowest BCUT2D eigenvalue weighted by Crippen LogP contribution is -2.56. The Morgan fingerprint density at radius 1 is 1.11 bits per heavy atom. The Balaban J connectivity index is 2.13. The maximum atomic E-state index is 14.0. The van der Waals surface area contributed by atoms with Gasteiger partial charge in [0, 0.05) is 29.9 Å². The lowest BCUT2D eigenvalue weighted by atomic mass is 9.92. The lowest BCUT2D eigenvalue weighted by molar-refractivity contribution is -0.384. The molecule has 3 aromatic carbocycles. The Morgan fingerprint density at radius 3 is 2.37 bits per heavy atom. The topological polar surface area (TPSA) is 185 Å². The molecule has 0 bridgehead atoms. The number of rotatable bonds is 7. The third-order valence-corrected chi connectivity index (χ3v) is 6.15. The average Bonchev–Trinajstić information content (AvgIpc) is 2.99. The SMILES string of the molecule is NN=Cc1cccc2c1C(=O)N(CCC(=O)O)C(=C=O)C(N)(c1ccccc1)N2c1ccc([N+](=O)[O-])cc1. The molecule has 5 N–H and O–H groups in total. The smallest absolute Gasteiger partial charge is 0.305 e. The number of anilines is 2. The van der Waals surface area contributed by atoms with Crippen LogP contribution in [0.25, 0.3) is 0 Å². The van der Waals surface area contributed by atoms with Crippen molar-refractivity contribution in [3.05, 3.63) is 105 Å². The zero-order chi connectivity index (χ0) is 27.4. The zero-order valence-corrected chi connectivity index (χ0v) is 19.9. The number of nitrogens with two attached hydrogens (primary N) is 2. The summed E-state index contributed by atoms with van der Waals surface area (Å²) >= 11 is 0. The van der Waals surface area contributed by atoms with Gasteiger partial charge in [-0.2, -0.15) is 5.10 Å². The van der Waals surface area contributed by atoms with E-state index in [0.29, 0.717) is 11.3 Å². The molecule has 192 valence electrons. The molecule has 0 saturated heterocycles. The van der Waals surface area contributed by atoms with Crippen molar-refractivity contribution in [2.24, 2.45) is 16.7 Å². The summed E-state index contributed by atoms with van der Waals surface area (Å²) in [6, 6.07) is 18.6. The molecule has 3 aromatic rings. The van der Waals surface area contributed by atoms with E-state index in [9.17, 15) is 29.6 Å². The highest BCUT2D eigenvalue weighted by molar-refractivity contribution is 6.10. The molecule has 1 unspecified atom stereocenters. The minimum Gasteiger partial charge on any atom is -0.481 e. The van der Waals surface area contributed by atoms with Gasteiger partial charge in [-0.3, -0.25) is 30.3 Å². The first-order valence-electron chi connectivity index (χ1n) is 11.3. The fourth-order valence-electron chi connectivity index (χ4n) is 4.48. The number of carbonyl (C=O) groups is 2. The average molecular weight is 514 g/mol. The van der Waals surface area contributed by atoms with E-state index in [0.717, 1.165) is 4.90 Å². The van der Waals surface area contributed by atoms with Gasteiger partial charge in [0.05, 0.1) is 28.8 Å². The molecular weight excluding hydrogens is 492 g/mol. The van der Waals surface area contributed by atoms with E-state index in [1.54, 1.807) is 54.5 Å². The molecule has 4 rings (SSSR count). The Bertz CT molecular complexity index is 1480. The molecule has 0 aromatic heterocycles. The molecule has 1 atom stereocenters. The first-order chi connectivity index (χ1) is 18.2. The van der Waals surface area contributed by atoms with Gasteiger partial charge in [-0.05, 0) is 23.8 Å². The molecule has 12 nitrogen and oxygen atoms in total. The summed E-state index contributed by atoms with van der Waals surface area (Å²) in [7, 11) is 0. The maximum absolute atomic E-state index is 14.0. The van der Waals surface area contributed by atoms with Gasteiger partial charge in [0.15, 0.2) is 17.3 Å². The van der Waals surface area contributed by atoms with E-state index in [2.05, 4.69) is 5.10 Å². The first kappa shape index (κ1) is 25.8. The van der Waals surface area contributed by atoms with Gasteiger partial charge >= 0.3 is 5.97 Å². The van der Waals surface area contributed by atoms with E-state index in [-0.39, 0.29) is 34.7 Å². The van der Waals surface area contributed by atoms with Gasteiger partial charge in [0.25, 0.3) is 11.6 Å². The molecule has 0 fully saturated rings. The van der Waals surface area contributed by atoms with Crippen LogP contribution in [0.1, 0.15) is 27.9 Å². The van der Waals surface area contributed by atoms with Crippen LogP contribution >= 0.6 is 0 Å². The molecule has 12 heteroatoms.